The van der Waals surface area contributed by atoms with Crippen molar-refractivity contribution in [3.05, 3.63) is 34.7 Å². The van der Waals surface area contributed by atoms with E-state index in [-0.39, 0.29) is 24.8 Å². The lowest BCUT2D eigenvalue weighted by atomic mass is 10.2. The van der Waals surface area contributed by atoms with E-state index in [2.05, 4.69) is 0 Å². The maximum atomic E-state index is 11.9. The normalized spacial score (nSPS) is 10.6. The molecule has 0 aliphatic heterocycles. The van der Waals surface area contributed by atoms with Crippen LogP contribution in [0.3, 0.4) is 0 Å². The van der Waals surface area contributed by atoms with Gasteiger partial charge in [0.05, 0.1) is 17.1 Å². The highest BCUT2D eigenvalue weighted by Crippen LogP contribution is 2.32. The lowest BCUT2D eigenvalue weighted by molar-refractivity contribution is 0.279. The van der Waals surface area contributed by atoms with Gasteiger partial charge in [-0.15, -0.1) is 23.2 Å². The minimum atomic E-state index is -0.589. The van der Waals surface area contributed by atoms with Crippen molar-refractivity contribution in [3.8, 4) is 11.5 Å². The Morgan fingerprint density at radius 2 is 1.63 bits per heavy atom. The van der Waals surface area contributed by atoms with Gasteiger partial charge in [-0.2, -0.15) is 0 Å². The second kappa shape index (κ2) is 6.68. The first-order valence-electron chi connectivity index (χ1n) is 5.71. The molecule has 102 valence electrons. The van der Waals surface area contributed by atoms with E-state index in [1.807, 2.05) is 6.07 Å². The molecule has 2 rings (SSSR count). The van der Waals surface area contributed by atoms with E-state index in [0.29, 0.717) is 22.6 Å². The van der Waals surface area contributed by atoms with Crippen LogP contribution >= 0.6 is 23.2 Å². The van der Waals surface area contributed by atoms with Gasteiger partial charge in [0.15, 0.2) is 5.75 Å². The number of alkyl halides is 2. The van der Waals surface area contributed by atoms with Gasteiger partial charge in [-0.05, 0) is 12.1 Å². The van der Waals surface area contributed by atoms with Gasteiger partial charge in [0.2, 0.25) is 5.75 Å². The zero-order chi connectivity index (χ0) is 13.7. The number of hydrogen-bond donors (Lipinski definition) is 0. The van der Waals surface area contributed by atoms with Gasteiger partial charge in [0.25, 0.3) is 0 Å². The van der Waals surface area contributed by atoms with Gasteiger partial charge >= 0.3 is 5.63 Å². The first kappa shape index (κ1) is 14.0. The summed E-state index contributed by atoms with van der Waals surface area (Å²) >= 11 is 11.2. The van der Waals surface area contributed by atoms with Crippen molar-refractivity contribution in [2.45, 2.75) is 0 Å². The van der Waals surface area contributed by atoms with Crippen LogP contribution in [0.2, 0.25) is 0 Å². The van der Waals surface area contributed by atoms with Crippen molar-refractivity contribution in [2.75, 3.05) is 25.0 Å². The third-order valence-electron chi connectivity index (χ3n) is 2.37. The van der Waals surface area contributed by atoms with Crippen LogP contribution in [0.25, 0.3) is 11.0 Å². The Morgan fingerprint density at radius 3 is 2.32 bits per heavy atom. The standard InChI is InChI=1S/C13H12Cl2O4/c14-5-7-17-11-9-3-1-2-4-10(9)19-13(16)12(11)18-8-6-15/h1-4H,5-8H2. The van der Waals surface area contributed by atoms with E-state index in [4.69, 9.17) is 37.1 Å². The van der Waals surface area contributed by atoms with Crippen LogP contribution < -0.4 is 15.1 Å². The zero-order valence-electron chi connectivity index (χ0n) is 10.0. The average Bonchev–Trinajstić information content (AvgIpc) is 2.43. The molecule has 4 nitrogen and oxygen atoms in total. The molecular weight excluding hydrogens is 291 g/mol. The van der Waals surface area contributed by atoms with Gasteiger partial charge in [-0.3, -0.25) is 0 Å². The van der Waals surface area contributed by atoms with E-state index in [1.165, 1.54) is 0 Å². The highest BCUT2D eigenvalue weighted by Gasteiger charge is 2.17. The molecule has 0 aliphatic rings. The van der Waals surface area contributed by atoms with Crippen molar-refractivity contribution in [1.82, 2.24) is 0 Å². The number of hydrogen-bond acceptors (Lipinski definition) is 4. The molecule has 1 aromatic carbocycles. The number of ether oxygens (including phenoxy) is 2. The Kier molecular flexibility index (Phi) is 4.93. The van der Waals surface area contributed by atoms with Crippen molar-refractivity contribution in [3.63, 3.8) is 0 Å². The molecule has 0 saturated heterocycles. The highest BCUT2D eigenvalue weighted by atomic mass is 35.5. The van der Waals surface area contributed by atoms with Gasteiger partial charge < -0.3 is 13.9 Å². The molecule has 0 N–H and O–H groups in total. The van der Waals surface area contributed by atoms with E-state index in [0.717, 1.165) is 0 Å². The summed E-state index contributed by atoms with van der Waals surface area (Å²) < 4.78 is 16.0. The Hall–Kier alpha value is -1.39. The van der Waals surface area contributed by atoms with Crippen LogP contribution in [0.15, 0.2) is 33.5 Å². The summed E-state index contributed by atoms with van der Waals surface area (Å²) in [6, 6.07) is 7.07. The number of para-hydroxylation sites is 1. The van der Waals surface area contributed by atoms with Crippen LogP contribution in [0.1, 0.15) is 0 Å². The van der Waals surface area contributed by atoms with Crippen LogP contribution in [-0.4, -0.2) is 25.0 Å². The van der Waals surface area contributed by atoms with Crippen LogP contribution in [0, 0.1) is 0 Å². The maximum absolute atomic E-state index is 11.9. The molecule has 0 fully saturated rings. The second-order valence-electron chi connectivity index (χ2n) is 3.62. The number of rotatable bonds is 6. The van der Waals surface area contributed by atoms with Crippen LogP contribution in [0.4, 0.5) is 0 Å². The quantitative estimate of drug-likeness (QED) is 0.608. The summed E-state index contributed by atoms with van der Waals surface area (Å²) in [6.45, 7) is 0.466. The minimum absolute atomic E-state index is 0.0319. The maximum Gasteiger partial charge on any atom is 0.383 e. The molecule has 0 saturated carbocycles. The van der Waals surface area contributed by atoms with E-state index in [9.17, 15) is 4.79 Å². The lowest BCUT2D eigenvalue weighted by Crippen LogP contribution is -2.12. The molecule has 0 radical (unpaired) electrons. The summed E-state index contributed by atoms with van der Waals surface area (Å²) in [5.41, 5.74) is -0.149. The van der Waals surface area contributed by atoms with Crippen LogP contribution in [-0.2, 0) is 0 Å². The summed E-state index contributed by atoms with van der Waals surface area (Å²) in [5.74, 6) is 0.951. The smallest absolute Gasteiger partial charge is 0.383 e. The molecule has 19 heavy (non-hydrogen) atoms. The largest absolute Gasteiger partial charge is 0.487 e. The van der Waals surface area contributed by atoms with Crippen molar-refractivity contribution >= 4 is 34.2 Å². The molecule has 0 spiro atoms. The number of halogens is 2. The Morgan fingerprint density at radius 1 is 1.00 bits per heavy atom. The lowest BCUT2D eigenvalue weighted by Gasteiger charge is -2.12. The molecule has 0 aliphatic carbocycles. The average molecular weight is 303 g/mol. The fraction of sp³-hybridized carbons (Fsp3) is 0.308. The predicted octanol–water partition coefficient (Wildman–Crippen LogP) is 3.03. The summed E-state index contributed by atoms with van der Waals surface area (Å²) in [5, 5.41) is 0.664. The molecule has 0 amide bonds. The molecule has 1 aromatic heterocycles. The third kappa shape index (κ3) is 3.14. The second-order valence-corrected chi connectivity index (χ2v) is 4.37. The van der Waals surface area contributed by atoms with Gasteiger partial charge in [-0.1, -0.05) is 12.1 Å². The SMILES string of the molecule is O=c1oc2ccccc2c(OCCCl)c1OCCCl. The molecule has 0 bridgehead atoms. The zero-order valence-corrected chi connectivity index (χ0v) is 11.5. The van der Waals surface area contributed by atoms with E-state index >= 15 is 0 Å². The molecule has 6 heteroatoms. The Balaban J connectivity index is 2.56. The van der Waals surface area contributed by atoms with E-state index in [1.54, 1.807) is 18.2 Å². The van der Waals surface area contributed by atoms with Crippen molar-refractivity contribution in [2.24, 2.45) is 0 Å². The van der Waals surface area contributed by atoms with Crippen molar-refractivity contribution < 1.29 is 13.9 Å². The molecule has 0 atom stereocenters. The predicted molar refractivity (Wildman–Crippen MR) is 74.9 cm³/mol. The third-order valence-corrected chi connectivity index (χ3v) is 2.68. The highest BCUT2D eigenvalue weighted by molar-refractivity contribution is 6.18. The first-order chi connectivity index (χ1) is 9.27. The molecule has 0 unspecified atom stereocenters. The number of fused-ring (bicyclic) bond motifs is 1. The van der Waals surface area contributed by atoms with E-state index < -0.39 is 5.63 Å². The fourth-order valence-corrected chi connectivity index (χ4v) is 1.81. The van der Waals surface area contributed by atoms with Crippen molar-refractivity contribution in [1.29, 1.82) is 0 Å². The molecular formula is C13H12Cl2O4. The van der Waals surface area contributed by atoms with Gasteiger partial charge in [-0.25, -0.2) is 4.79 Å². The monoisotopic (exact) mass is 302 g/mol. The van der Waals surface area contributed by atoms with Gasteiger partial charge in [0.1, 0.15) is 18.8 Å². The first-order valence-corrected chi connectivity index (χ1v) is 6.78. The van der Waals surface area contributed by atoms with Gasteiger partial charge in [0, 0.05) is 0 Å². The summed E-state index contributed by atoms with van der Waals surface area (Å²) in [6.07, 6.45) is 0. The Labute approximate surface area is 119 Å². The topological polar surface area (TPSA) is 48.7 Å². The summed E-state index contributed by atoms with van der Waals surface area (Å²) in [7, 11) is 0. The fourth-order valence-electron chi connectivity index (χ4n) is 1.65. The number of benzene rings is 1. The molecule has 1 heterocycles. The Bertz CT molecular complexity index is 609. The minimum Gasteiger partial charge on any atom is -0.487 e. The molecule has 2 aromatic rings. The summed E-state index contributed by atoms with van der Waals surface area (Å²) in [4.78, 5) is 11.9. The van der Waals surface area contributed by atoms with Crippen LogP contribution in [0.5, 0.6) is 11.5 Å².